The third kappa shape index (κ3) is 17.4. The molecule has 0 spiro atoms. The topological polar surface area (TPSA) is 178 Å². The Morgan fingerprint density at radius 1 is 0.574 bits per heavy atom. The maximum atomic E-state index is 12.6. The second-order valence-corrected chi connectivity index (χ2v) is 16.2. The maximum absolute atomic E-state index is 12.6. The van der Waals surface area contributed by atoms with Gasteiger partial charge in [-0.3, -0.25) is 29.0 Å². The third-order valence-electron chi connectivity index (χ3n) is 11.0. The van der Waals surface area contributed by atoms with E-state index in [1.54, 1.807) is 91.2 Å². The van der Waals surface area contributed by atoms with Gasteiger partial charge in [0.25, 0.3) is 5.91 Å². The summed E-state index contributed by atoms with van der Waals surface area (Å²) in [5.41, 5.74) is 3.23. The molecular weight excluding hydrogens is 917 g/mol. The number of carboxylic acids is 1. The van der Waals surface area contributed by atoms with Gasteiger partial charge in [0.05, 0.1) is 49.1 Å². The number of aliphatic carboxylic acids is 1. The van der Waals surface area contributed by atoms with Crippen molar-refractivity contribution in [2.45, 2.75) is 46.2 Å². The number of amides is 2. The van der Waals surface area contributed by atoms with Gasteiger partial charge in [-0.25, -0.2) is 0 Å². The largest absolute Gasteiger partial charge is 0.493 e. The summed E-state index contributed by atoms with van der Waals surface area (Å²) in [7, 11) is 9.74. The molecule has 2 aliphatic heterocycles. The fourth-order valence-electron chi connectivity index (χ4n) is 7.41. The van der Waals surface area contributed by atoms with Crippen LogP contribution in [-0.2, 0) is 22.7 Å². The molecule has 2 heterocycles. The van der Waals surface area contributed by atoms with Crippen molar-refractivity contribution in [3.8, 4) is 34.5 Å². The normalized spacial score (nSPS) is 13.5. The van der Waals surface area contributed by atoms with E-state index in [4.69, 9.17) is 56.7 Å². The van der Waals surface area contributed by atoms with Crippen molar-refractivity contribution in [2.75, 3.05) is 102 Å². The fraction of sp³-hybridized carbons (Fsp3) is 0.440. The van der Waals surface area contributed by atoms with Crippen LogP contribution < -0.4 is 39.1 Å². The highest BCUT2D eigenvalue weighted by Gasteiger charge is 2.24. The number of nitrogens with one attached hydrogen (secondary N) is 2. The maximum Gasteiger partial charge on any atom is 0.305 e. The minimum Gasteiger partial charge on any atom is -0.493 e. The Kier molecular flexibility index (Phi) is 24.8. The lowest BCUT2D eigenvalue weighted by Gasteiger charge is -2.35. The summed E-state index contributed by atoms with van der Waals surface area (Å²) in [6, 6.07) is 21.1. The van der Waals surface area contributed by atoms with E-state index in [9.17, 15) is 19.2 Å². The summed E-state index contributed by atoms with van der Waals surface area (Å²) in [5, 5.41) is 15.4. The summed E-state index contributed by atoms with van der Waals surface area (Å²) >= 11 is 11.5. The number of hydrogen-bond donors (Lipinski definition) is 3. The molecule has 372 valence electrons. The van der Waals surface area contributed by atoms with Crippen molar-refractivity contribution in [2.24, 2.45) is 0 Å². The van der Waals surface area contributed by atoms with E-state index in [2.05, 4.69) is 20.4 Å². The fourth-order valence-corrected chi connectivity index (χ4v) is 7.66. The first-order valence-corrected chi connectivity index (χ1v) is 22.6. The zero-order valence-electron chi connectivity index (χ0n) is 39.2. The van der Waals surface area contributed by atoms with E-state index >= 15 is 0 Å². The number of halogens is 2. The Morgan fingerprint density at radius 2 is 1.03 bits per heavy atom. The van der Waals surface area contributed by atoms with Crippen molar-refractivity contribution in [1.29, 1.82) is 0 Å². The van der Waals surface area contributed by atoms with E-state index in [-0.39, 0.29) is 38.0 Å². The van der Waals surface area contributed by atoms with E-state index in [0.717, 1.165) is 62.7 Å². The summed E-state index contributed by atoms with van der Waals surface area (Å²) < 4.78 is 32.6. The minimum absolute atomic E-state index is 0. The molecule has 2 amide bonds. The molecule has 0 radical (unpaired) electrons. The first-order chi connectivity index (χ1) is 32.3. The predicted octanol–water partition coefficient (Wildman–Crippen LogP) is 7.36. The van der Waals surface area contributed by atoms with Crippen LogP contribution in [0.5, 0.6) is 34.5 Å². The van der Waals surface area contributed by atoms with E-state index < -0.39 is 5.97 Å². The Morgan fingerprint density at radius 3 is 1.47 bits per heavy atom. The highest BCUT2D eigenvalue weighted by atomic mass is 35.5. The first kappa shape index (κ1) is 56.5. The molecule has 0 saturated carbocycles. The third-order valence-corrected chi connectivity index (χ3v) is 11.5. The molecule has 4 aromatic rings. The molecule has 2 aliphatic rings. The van der Waals surface area contributed by atoms with Crippen LogP contribution in [0, 0.1) is 0 Å². The van der Waals surface area contributed by atoms with Gasteiger partial charge in [-0.05, 0) is 67.1 Å². The van der Waals surface area contributed by atoms with Gasteiger partial charge in [-0.15, -0.1) is 0 Å². The van der Waals surface area contributed by atoms with Crippen molar-refractivity contribution in [3.05, 3.63) is 105 Å². The lowest BCUT2D eigenvalue weighted by Crippen LogP contribution is -2.48. The monoisotopic (exact) mass is 983 g/mol. The number of carboxylic acid groups (broad SMARTS) is 1. The van der Waals surface area contributed by atoms with Crippen LogP contribution in [0.4, 0.5) is 0 Å². The molecule has 0 atom stereocenters. The summed E-state index contributed by atoms with van der Waals surface area (Å²) in [4.78, 5) is 53.0. The number of carbonyl (C=O) groups excluding carboxylic acids is 3. The molecule has 18 heteroatoms. The number of hydrogen-bond acceptors (Lipinski definition) is 13. The molecule has 2 saturated heterocycles. The second-order valence-electron chi connectivity index (χ2n) is 15.4. The van der Waals surface area contributed by atoms with Crippen LogP contribution in [0.2, 0.25) is 10.0 Å². The number of ether oxygens (including phenoxy) is 6. The van der Waals surface area contributed by atoms with Crippen LogP contribution >= 0.6 is 23.2 Å². The van der Waals surface area contributed by atoms with Gasteiger partial charge < -0.3 is 49.1 Å². The Hall–Kier alpha value is -5.78. The van der Waals surface area contributed by atoms with Crippen LogP contribution in [-0.4, -0.2) is 145 Å². The number of ketones is 1. The van der Waals surface area contributed by atoms with Gasteiger partial charge in [0.2, 0.25) is 17.4 Å². The lowest BCUT2D eigenvalue weighted by molar-refractivity contribution is -0.137. The Bertz CT molecular complexity index is 2200. The summed E-state index contributed by atoms with van der Waals surface area (Å²) in [5.74, 6) is 2.90. The molecule has 0 aromatic heterocycles. The average molecular weight is 985 g/mol. The molecule has 4 aromatic carbocycles. The number of nitrogens with zero attached hydrogens (tertiary/aromatic N) is 3. The van der Waals surface area contributed by atoms with Crippen LogP contribution in [0.1, 0.15) is 65.0 Å². The van der Waals surface area contributed by atoms with Crippen LogP contribution in [0.15, 0.2) is 72.8 Å². The Balaban J connectivity index is 0.000000296. The van der Waals surface area contributed by atoms with Gasteiger partial charge >= 0.3 is 5.97 Å². The van der Waals surface area contributed by atoms with E-state index in [1.165, 1.54) is 0 Å². The predicted molar refractivity (Wildman–Crippen MR) is 265 cm³/mol. The highest BCUT2D eigenvalue weighted by Crippen LogP contribution is 2.41. The molecular formula is C50H67Cl2N5O11. The van der Waals surface area contributed by atoms with Crippen molar-refractivity contribution < 1.29 is 52.7 Å². The standard InChI is InChI=1S/C25H31ClN2O5.C14H22N2O3.C10H10ClNO3.CH4/c1-31-22-12-9-19(24(32-2)25(22)33-3)17-27-13-15-28(16-14-27)23(30)6-4-5-21(29)18-7-10-20(26)11-8-18;1-17-12-5-4-11(13(18-2)14(12)19-3)10-16-8-6-15-7-9-16;11-8-3-1-7(2-4-8)10(15)12-6-5-9(13)14;/h7-12H,4-6,13-17H2,1-3H3;4-5,15H,6-10H2,1-3H3;1-4H,5-6H2,(H,12,15)(H,13,14);1H4. The number of carbonyl (C=O) groups is 4. The van der Waals surface area contributed by atoms with Crippen molar-refractivity contribution >= 4 is 46.8 Å². The van der Waals surface area contributed by atoms with Gasteiger partial charge in [0, 0.05) is 117 Å². The number of methoxy groups -OCH3 is 6. The minimum atomic E-state index is -0.939. The van der Waals surface area contributed by atoms with E-state index in [0.29, 0.717) is 88.8 Å². The van der Waals surface area contributed by atoms with Gasteiger partial charge in [0.15, 0.2) is 28.8 Å². The SMILES string of the molecule is C.COc1ccc(CN2CCN(C(=O)CCCC(=O)c3ccc(Cl)cc3)CC2)c(OC)c1OC.COc1ccc(CN2CCNCC2)c(OC)c1OC.O=C(O)CCNC(=O)c1ccc(Cl)cc1. The zero-order valence-corrected chi connectivity index (χ0v) is 40.7. The van der Waals surface area contributed by atoms with Gasteiger partial charge in [0.1, 0.15) is 0 Å². The first-order valence-electron chi connectivity index (χ1n) is 21.9. The smallest absolute Gasteiger partial charge is 0.305 e. The number of Topliss-reactive ketones (excluding diaryl/α,β-unsaturated/α-hetero) is 1. The van der Waals surface area contributed by atoms with Crippen LogP contribution in [0.3, 0.4) is 0 Å². The average Bonchev–Trinajstić information content (AvgIpc) is 3.34. The number of benzene rings is 4. The Labute approximate surface area is 410 Å². The van der Waals surface area contributed by atoms with Crippen molar-refractivity contribution in [3.63, 3.8) is 0 Å². The van der Waals surface area contributed by atoms with Gasteiger partial charge in [-0.2, -0.15) is 0 Å². The molecule has 3 N–H and O–H groups in total. The van der Waals surface area contributed by atoms with Gasteiger partial charge in [-0.1, -0.05) is 42.8 Å². The van der Waals surface area contributed by atoms with Crippen molar-refractivity contribution in [1.82, 2.24) is 25.3 Å². The van der Waals surface area contributed by atoms with Crippen LogP contribution in [0.25, 0.3) is 0 Å². The molecule has 16 nitrogen and oxygen atoms in total. The molecule has 2 fully saturated rings. The summed E-state index contributed by atoms with van der Waals surface area (Å²) in [6.45, 7) is 8.74. The highest BCUT2D eigenvalue weighted by molar-refractivity contribution is 6.31. The molecule has 0 unspecified atom stereocenters. The number of rotatable bonds is 19. The zero-order chi connectivity index (χ0) is 48.7. The molecule has 68 heavy (non-hydrogen) atoms. The molecule has 6 rings (SSSR count). The summed E-state index contributed by atoms with van der Waals surface area (Å²) in [6.07, 6.45) is 1.19. The second kappa shape index (κ2) is 29.9. The number of piperazine rings is 2. The lowest BCUT2D eigenvalue weighted by atomic mass is 10.1. The van der Waals surface area contributed by atoms with E-state index in [1.807, 2.05) is 29.2 Å². The molecule has 0 bridgehead atoms. The molecule has 0 aliphatic carbocycles. The quantitative estimate of drug-likeness (QED) is 0.0794.